The molecule has 0 unspecified atom stereocenters. The fourth-order valence-electron chi connectivity index (χ4n) is 2.03. The highest BCUT2D eigenvalue weighted by atomic mass is 32.2. The second kappa shape index (κ2) is 6.71. The van der Waals surface area contributed by atoms with E-state index < -0.39 is 26.6 Å². The maximum Gasteiger partial charge on any atom is 0.243 e. The van der Waals surface area contributed by atoms with E-state index in [1.807, 2.05) is 0 Å². The number of nitrogens with one attached hydrogen (secondary N) is 1. The summed E-state index contributed by atoms with van der Waals surface area (Å²) in [7, 11) is -4.07. The molecule has 9 heteroatoms. The number of rotatable bonds is 5. The second-order valence-electron chi connectivity index (χ2n) is 4.89. The molecule has 0 aliphatic heterocycles. The predicted molar refractivity (Wildman–Crippen MR) is 85.7 cm³/mol. The van der Waals surface area contributed by atoms with Crippen molar-refractivity contribution in [2.45, 2.75) is 11.4 Å². The summed E-state index contributed by atoms with van der Waals surface area (Å²) in [6.07, 6.45) is 0. The van der Waals surface area contributed by atoms with Gasteiger partial charge in [0.1, 0.15) is 22.2 Å². The van der Waals surface area contributed by atoms with E-state index >= 15 is 0 Å². The molecule has 0 fully saturated rings. The molecular formula is C15H11F2N3O2S2. The van der Waals surface area contributed by atoms with Crippen LogP contribution in [0.4, 0.5) is 8.78 Å². The van der Waals surface area contributed by atoms with Crippen LogP contribution in [-0.2, 0) is 16.6 Å². The van der Waals surface area contributed by atoms with Crippen molar-refractivity contribution in [3.05, 3.63) is 65.0 Å². The number of aromatic nitrogens is 2. The first kappa shape index (κ1) is 16.6. The number of hydrogen-bond donors (Lipinski definition) is 1. The van der Waals surface area contributed by atoms with E-state index in [-0.39, 0.29) is 6.54 Å². The van der Waals surface area contributed by atoms with Crippen molar-refractivity contribution in [1.29, 1.82) is 0 Å². The first-order valence-electron chi connectivity index (χ1n) is 6.77. The standard InChI is InChI=1S/C15H11F2N3O2S2/c16-12-5-6-15(13(17)7-12)24(21,22)18-8-10-1-3-11(4-2-10)14-9-23-20-19-14/h1-7,9,18H,8H2. The topological polar surface area (TPSA) is 72.0 Å². The lowest BCUT2D eigenvalue weighted by atomic mass is 10.1. The van der Waals surface area contributed by atoms with Crippen LogP contribution >= 0.6 is 11.5 Å². The van der Waals surface area contributed by atoms with Crippen molar-refractivity contribution >= 4 is 21.6 Å². The van der Waals surface area contributed by atoms with Crippen LogP contribution < -0.4 is 4.72 Å². The van der Waals surface area contributed by atoms with Crippen molar-refractivity contribution in [3.8, 4) is 11.3 Å². The Hall–Kier alpha value is -2.23. The lowest BCUT2D eigenvalue weighted by Crippen LogP contribution is -2.24. The molecule has 0 radical (unpaired) electrons. The predicted octanol–water partition coefficient (Wildman–Crippen LogP) is 2.96. The van der Waals surface area contributed by atoms with Crippen LogP contribution in [-0.4, -0.2) is 18.0 Å². The molecular weight excluding hydrogens is 356 g/mol. The average Bonchev–Trinajstić information content (AvgIpc) is 3.07. The smallest absolute Gasteiger partial charge is 0.207 e. The number of hydrogen-bond acceptors (Lipinski definition) is 5. The van der Waals surface area contributed by atoms with Crippen LogP contribution in [0.15, 0.2) is 52.7 Å². The largest absolute Gasteiger partial charge is 0.243 e. The molecule has 0 aliphatic rings. The molecule has 24 heavy (non-hydrogen) atoms. The quantitative estimate of drug-likeness (QED) is 0.753. The van der Waals surface area contributed by atoms with Gasteiger partial charge in [0.15, 0.2) is 0 Å². The van der Waals surface area contributed by atoms with E-state index in [9.17, 15) is 17.2 Å². The number of halogens is 2. The van der Waals surface area contributed by atoms with E-state index in [0.29, 0.717) is 11.6 Å². The van der Waals surface area contributed by atoms with Gasteiger partial charge >= 0.3 is 0 Å². The van der Waals surface area contributed by atoms with Gasteiger partial charge in [0.05, 0.1) is 0 Å². The zero-order valence-corrected chi connectivity index (χ0v) is 13.7. The first-order chi connectivity index (χ1) is 11.5. The maximum atomic E-state index is 13.6. The highest BCUT2D eigenvalue weighted by Crippen LogP contribution is 2.19. The minimum absolute atomic E-state index is 0.0191. The highest BCUT2D eigenvalue weighted by molar-refractivity contribution is 7.89. The van der Waals surface area contributed by atoms with Crippen LogP contribution in [0, 0.1) is 11.6 Å². The fourth-order valence-corrected chi connectivity index (χ4v) is 3.57. The molecule has 0 saturated heterocycles. The fraction of sp³-hybridized carbons (Fsp3) is 0.0667. The third-order valence-electron chi connectivity index (χ3n) is 3.26. The third kappa shape index (κ3) is 3.64. The molecule has 0 atom stereocenters. The molecule has 124 valence electrons. The summed E-state index contributed by atoms with van der Waals surface area (Å²) in [5, 5.41) is 5.74. The molecule has 1 aromatic heterocycles. The third-order valence-corrected chi connectivity index (χ3v) is 5.20. The summed E-state index contributed by atoms with van der Waals surface area (Å²) in [6, 6.07) is 9.37. The Kier molecular flexibility index (Phi) is 4.65. The van der Waals surface area contributed by atoms with E-state index in [1.54, 1.807) is 29.6 Å². The molecule has 0 bridgehead atoms. The number of nitrogens with zero attached hydrogens (tertiary/aromatic N) is 2. The Morgan fingerprint density at radius 3 is 2.46 bits per heavy atom. The van der Waals surface area contributed by atoms with Gasteiger partial charge in [0.25, 0.3) is 0 Å². The summed E-state index contributed by atoms with van der Waals surface area (Å²) in [4.78, 5) is -0.589. The summed E-state index contributed by atoms with van der Waals surface area (Å²) in [5.41, 5.74) is 2.29. The second-order valence-corrected chi connectivity index (χ2v) is 7.23. The molecule has 3 rings (SSSR count). The molecule has 3 aromatic rings. The molecule has 5 nitrogen and oxygen atoms in total. The van der Waals surface area contributed by atoms with Gasteiger partial charge in [-0.25, -0.2) is 21.9 Å². The van der Waals surface area contributed by atoms with Crippen molar-refractivity contribution in [1.82, 2.24) is 14.3 Å². The SMILES string of the molecule is O=S(=O)(NCc1ccc(-c2csnn2)cc1)c1ccc(F)cc1F. The van der Waals surface area contributed by atoms with Crippen molar-refractivity contribution in [2.75, 3.05) is 0 Å². The Bertz CT molecular complexity index is 943. The molecule has 2 aromatic carbocycles. The Morgan fingerprint density at radius 1 is 1.08 bits per heavy atom. The Labute approximate surface area is 141 Å². The zero-order valence-electron chi connectivity index (χ0n) is 12.1. The van der Waals surface area contributed by atoms with Gasteiger partial charge in [-0.1, -0.05) is 28.8 Å². The minimum Gasteiger partial charge on any atom is -0.207 e. The molecule has 0 spiro atoms. The van der Waals surface area contributed by atoms with Gasteiger partial charge in [-0.3, -0.25) is 0 Å². The summed E-state index contributed by atoms with van der Waals surface area (Å²) >= 11 is 1.24. The van der Waals surface area contributed by atoms with Crippen LogP contribution in [0.5, 0.6) is 0 Å². The van der Waals surface area contributed by atoms with Crippen molar-refractivity contribution in [3.63, 3.8) is 0 Å². The van der Waals surface area contributed by atoms with Crippen LogP contribution in [0.1, 0.15) is 5.56 Å². The lowest BCUT2D eigenvalue weighted by molar-refractivity contribution is 0.543. The van der Waals surface area contributed by atoms with Gasteiger partial charge in [-0.05, 0) is 29.2 Å². The van der Waals surface area contributed by atoms with Crippen LogP contribution in [0.25, 0.3) is 11.3 Å². The van der Waals surface area contributed by atoms with E-state index in [0.717, 1.165) is 23.4 Å². The Balaban J connectivity index is 1.73. The summed E-state index contributed by atoms with van der Waals surface area (Å²) in [5.74, 6) is -1.97. The minimum atomic E-state index is -4.07. The van der Waals surface area contributed by atoms with E-state index in [4.69, 9.17) is 0 Å². The van der Waals surface area contributed by atoms with Crippen molar-refractivity contribution < 1.29 is 17.2 Å². The molecule has 1 heterocycles. The van der Waals surface area contributed by atoms with Gasteiger partial charge < -0.3 is 0 Å². The maximum absolute atomic E-state index is 13.6. The average molecular weight is 367 g/mol. The van der Waals surface area contributed by atoms with Gasteiger partial charge in [0.2, 0.25) is 10.0 Å². The first-order valence-corrected chi connectivity index (χ1v) is 9.09. The molecule has 0 aliphatic carbocycles. The highest BCUT2D eigenvalue weighted by Gasteiger charge is 2.19. The molecule has 1 N–H and O–H groups in total. The van der Waals surface area contributed by atoms with Crippen LogP contribution in [0.3, 0.4) is 0 Å². The summed E-state index contributed by atoms with van der Waals surface area (Å²) in [6.45, 7) is -0.0191. The molecule has 0 amide bonds. The Morgan fingerprint density at radius 2 is 1.83 bits per heavy atom. The van der Waals surface area contributed by atoms with E-state index in [1.165, 1.54) is 11.5 Å². The normalized spacial score (nSPS) is 11.6. The van der Waals surface area contributed by atoms with Gasteiger partial charge in [-0.15, -0.1) is 5.10 Å². The number of sulfonamides is 1. The summed E-state index contributed by atoms with van der Waals surface area (Å²) < 4.78 is 56.8. The van der Waals surface area contributed by atoms with Crippen molar-refractivity contribution in [2.24, 2.45) is 0 Å². The van der Waals surface area contributed by atoms with E-state index in [2.05, 4.69) is 14.3 Å². The number of benzene rings is 2. The monoisotopic (exact) mass is 367 g/mol. The van der Waals surface area contributed by atoms with Gasteiger partial charge in [0, 0.05) is 23.6 Å². The van der Waals surface area contributed by atoms with Gasteiger partial charge in [-0.2, -0.15) is 0 Å². The zero-order chi connectivity index (χ0) is 17.2. The lowest BCUT2D eigenvalue weighted by Gasteiger charge is -2.08. The van der Waals surface area contributed by atoms with Crippen LogP contribution in [0.2, 0.25) is 0 Å². The molecule has 0 saturated carbocycles.